The van der Waals surface area contributed by atoms with Gasteiger partial charge >= 0.3 is 5.97 Å². The van der Waals surface area contributed by atoms with Crippen LogP contribution < -0.4 is 10.5 Å². The minimum absolute atomic E-state index is 0.0453. The van der Waals surface area contributed by atoms with E-state index in [1.807, 2.05) is 0 Å². The van der Waals surface area contributed by atoms with Gasteiger partial charge < -0.3 is 10.5 Å². The molecule has 0 saturated heterocycles. The third-order valence-electron chi connectivity index (χ3n) is 2.40. The topological polar surface area (TPSA) is 116 Å². The van der Waals surface area contributed by atoms with Crippen molar-refractivity contribution in [2.45, 2.75) is 4.90 Å². The molecule has 7 nitrogen and oxygen atoms in total. The summed E-state index contributed by atoms with van der Waals surface area (Å²) >= 11 is 0. The first-order valence-corrected chi connectivity index (χ1v) is 8.76. The lowest BCUT2D eigenvalue weighted by atomic mass is 10.2. The van der Waals surface area contributed by atoms with E-state index in [1.54, 1.807) is 0 Å². The standard InChI is InChI=1S/C11H16N2O5S2/c1-18-11(14)8-3-4-10(9(12)7-8)20(16,17)13-5-6-19(2)15/h3-4,7,13H,5-6,12H2,1-2H3. The van der Waals surface area contributed by atoms with Gasteiger partial charge in [-0.15, -0.1) is 0 Å². The van der Waals surface area contributed by atoms with Gasteiger partial charge in [-0.1, -0.05) is 0 Å². The monoisotopic (exact) mass is 320 g/mol. The maximum atomic E-state index is 12.0. The molecule has 112 valence electrons. The summed E-state index contributed by atoms with van der Waals surface area (Å²) < 4.78 is 41.7. The van der Waals surface area contributed by atoms with Crippen LogP contribution >= 0.6 is 0 Å². The van der Waals surface area contributed by atoms with E-state index in [0.29, 0.717) is 0 Å². The number of carbonyl (C=O) groups is 1. The number of hydrogen-bond donors (Lipinski definition) is 2. The molecule has 0 radical (unpaired) electrons. The fraction of sp³-hybridized carbons (Fsp3) is 0.364. The summed E-state index contributed by atoms with van der Waals surface area (Å²) in [5.41, 5.74) is 5.75. The van der Waals surface area contributed by atoms with Crippen LogP contribution in [0.3, 0.4) is 0 Å². The average molecular weight is 320 g/mol. The van der Waals surface area contributed by atoms with Crippen molar-refractivity contribution < 1.29 is 22.2 Å². The molecule has 3 N–H and O–H groups in total. The second kappa shape index (κ2) is 6.82. The number of sulfonamides is 1. The lowest BCUT2D eigenvalue weighted by Crippen LogP contribution is -2.28. The summed E-state index contributed by atoms with van der Waals surface area (Å²) in [5, 5.41) is 0. The average Bonchev–Trinajstić information content (AvgIpc) is 2.36. The number of anilines is 1. The number of methoxy groups -OCH3 is 1. The fourth-order valence-corrected chi connectivity index (χ4v) is 3.10. The van der Waals surface area contributed by atoms with Crippen molar-refractivity contribution in [1.82, 2.24) is 4.72 Å². The molecule has 0 aromatic heterocycles. The summed E-state index contributed by atoms with van der Waals surface area (Å²) in [6.07, 6.45) is 1.48. The van der Waals surface area contributed by atoms with E-state index in [9.17, 15) is 17.4 Å². The molecular formula is C11H16N2O5S2. The van der Waals surface area contributed by atoms with E-state index in [1.165, 1.54) is 31.6 Å². The Morgan fingerprint density at radius 1 is 1.45 bits per heavy atom. The van der Waals surface area contributed by atoms with E-state index in [0.717, 1.165) is 0 Å². The highest BCUT2D eigenvalue weighted by Gasteiger charge is 2.18. The molecular weight excluding hydrogens is 304 g/mol. The van der Waals surface area contributed by atoms with Gasteiger partial charge in [0, 0.05) is 29.4 Å². The van der Waals surface area contributed by atoms with Crippen molar-refractivity contribution in [1.29, 1.82) is 0 Å². The summed E-state index contributed by atoms with van der Waals surface area (Å²) in [6.45, 7) is 0.0453. The first-order chi connectivity index (χ1) is 9.27. The van der Waals surface area contributed by atoms with Gasteiger partial charge in [0.15, 0.2) is 0 Å². The van der Waals surface area contributed by atoms with E-state index in [4.69, 9.17) is 5.73 Å². The molecule has 0 amide bonds. The van der Waals surface area contributed by atoms with Gasteiger partial charge in [-0.05, 0) is 18.2 Å². The lowest BCUT2D eigenvalue weighted by molar-refractivity contribution is 0.0600. The van der Waals surface area contributed by atoms with Gasteiger partial charge in [-0.2, -0.15) is 0 Å². The maximum absolute atomic E-state index is 12.0. The Labute approximate surface area is 120 Å². The zero-order valence-electron chi connectivity index (χ0n) is 11.1. The van der Waals surface area contributed by atoms with Crippen LogP contribution in [0.15, 0.2) is 23.1 Å². The van der Waals surface area contributed by atoms with Gasteiger partial charge in [-0.3, -0.25) is 4.21 Å². The zero-order chi connectivity index (χ0) is 15.3. The van der Waals surface area contributed by atoms with Crippen LogP contribution in [-0.4, -0.2) is 44.3 Å². The molecule has 0 aliphatic heterocycles. The van der Waals surface area contributed by atoms with Crippen LogP contribution in [0.2, 0.25) is 0 Å². The van der Waals surface area contributed by atoms with Crippen LogP contribution in [0.25, 0.3) is 0 Å². The predicted octanol–water partition coefficient (Wildman–Crippen LogP) is -0.288. The van der Waals surface area contributed by atoms with E-state index in [2.05, 4.69) is 9.46 Å². The molecule has 0 spiro atoms. The first-order valence-electron chi connectivity index (χ1n) is 5.55. The maximum Gasteiger partial charge on any atom is 0.337 e. The molecule has 1 atom stereocenters. The van der Waals surface area contributed by atoms with Crippen LogP contribution in [0, 0.1) is 0 Å². The Hall–Kier alpha value is -1.45. The molecule has 1 unspecified atom stereocenters. The highest BCUT2D eigenvalue weighted by Crippen LogP contribution is 2.20. The van der Waals surface area contributed by atoms with Gasteiger partial charge in [-0.25, -0.2) is 17.9 Å². The number of nitrogen functional groups attached to an aromatic ring is 1. The molecule has 0 bridgehead atoms. The summed E-state index contributed by atoms with van der Waals surface area (Å²) in [6, 6.07) is 3.78. The van der Waals surface area contributed by atoms with Gasteiger partial charge in [0.25, 0.3) is 0 Å². The molecule has 0 saturated carbocycles. The quantitative estimate of drug-likeness (QED) is 0.550. The third kappa shape index (κ3) is 4.29. The molecule has 20 heavy (non-hydrogen) atoms. The molecule has 9 heteroatoms. The second-order valence-corrected chi connectivity index (χ2v) is 7.21. The van der Waals surface area contributed by atoms with Crippen LogP contribution in [0.5, 0.6) is 0 Å². The second-order valence-electron chi connectivity index (χ2n) is 3.92. The van der Waals surface area contributed by atoms with Crippen molar-refractivity contribution in [2.24, 2.45) is 0 Å². The molecule has 0 aliphatic rings. The van der Waals surface area contributed by atoms with Crippen LogP contribution in [0.4, 0.5) is 5.69 Å². The Morgan fingerprint density at radius 3 is 2.60 bits per heavy atom. The number of ether oxygens (including phenoxy) is 1. The Balaban J connectivity index is 2.96. The largest absolute Gasteiger partial charge is 0.465 e. The van der Waals surface area contributed by atoms with E-state index in [-0.39, 0.29) is 28.4 Å². The number of nitrogens with one attached hydrogen (secondary N) is 1. The predicted molar refractivity (Wildman–Crippen MR) is 76.3 cm³/mol. The third-order valence-corrected chi connectivity index (χ3v) is 4.72. The highest BCUT2D eigenvalue weighted by atomic mass is 32.2. The van der Waals surface area contributed by atoms with Crippen LogP contribution in [-0.2, 0) is 25.6 Å². The van der Waals surface area contributed by atoms with Crippen molar-refractivity contribution in [3.8, 4) is 0 Å². The Bertz CT molecular complexity index is 628. The van der Waals surface area contributed by atoms with Crippen molar-refractivity contribution in [3.63, 3.8) is 0 Å². The minimum atomic E-state index is -3.80. The number of nitrogens with two attached hydrogens (primary N) is 1. The first kappa shape index (κ1) is 16.6. The van der Waals surface area contributed by atoms with Gasteiger partial charge in [0.1, 0.15) is 4.90 Å². The van der Waals surface area contributed by atoms with Crippen molar-refractivity contribution in [2.75, 3.05) is 31.4 Å². The molecule has 0 fully saturated rings. The number of rotatable bonds is 6. The number of hydrogen-bond acceptors (Lipinski definition) is 6. The number of esters is 1. The molecule has 1 aromatic rings. The van der Waals surface area contributed by atoms with Gasteiger partial charge in [0.2, 0.25) is 10.0 Å². The lowest BCUT2D eigenvalue weighted by Gasteiger charge is -2.09. The van der Waals surface area contributed by atoms with E-state index < -0.39 is 26.8 Å². The minimum Gasteiger partial charge on any atom is -0.465 e. The fourth-order valence-electron chi connectivity index (χ4n) is 1.44. The Morgan fingerprint density at radius 2 is 2.10 bits per heavy atom. The Kier molecular flexibility index (Phi) is 5.66. The van der Waals surface area contributed by atoms with Gasteiger partial charge in [0.05, 0.1) is 18.4 Å². The normalized spacial score (nSPS) is 12.9. The zero-order valence-corrected chi connectivity index (χ0v) is 12.7. The summed E-state index contributed by atoms with van der Waals surface area (Å²) in [4.78, 5) is 11.2. The SMILES string of the molecule is COC(=O)c1ccc(S(=O)(=O)NCCS(C)=O)c(N)c1. The smallest absolute Gasteiger partial charge is 0.337 e. The molecule has 0 aliphatic carbocycles. The summed E-state index contributed by atoms with van der Waals surface area (Å²) in [5.74, 6) is -0.394. The molecule has 1 aromatic carbocycles. The van der Waals surface area contributed by atoms with Crippen molar-refractivity contribution >= 4 is 32.5 Å². The van der Waals surface area contributed by atoms with E-state index >= 15 is 0 Å². The van der Waals surface area contributed by atoms with Crippen molar-refractivity contribution in [3.05, 3.63) is 23.8 Å². The molecule has 1 rings (SSSR count). The number of carbonyl (C=O) groups excluding carboxylic acids is 1. The summed E-state index contributed by atoms with van der Waals surface area (Å²) in [7, 11) is -3.67. The number of benzene rings is 1. The highest BCUT2D eigenvalue weighted by molar-refractivity contribution is 7.89. The molecule has 0 heterocycles. The van der Waals surface area contributed by atoms with Crippen LogP contribution in [0.1, 0.15) is 10.4 Å².